The Morgan fingerprint density at radius 2 is 1.10 bits per heavy atom. The van der Waals surface area contributed by atoms with Crippen molar-refractivity contribution in [2.24, 2.45) is 0 Å². The maximum absolute atomic E-state index is 12.4. The lowest BCUT2D eigenvalue weighted by molar-refractivity contribution is -0.140. The topological polar surface area (TPSA) is 95.1 Å². The third-order valence-corrected chi connectivity index (χ3v) is 5.10. The Bertz CT molecular complexity index is 858. The van der Waals surface area contributed by atoms with Gasteiger partial charge in [0.2, 0.25) is 0 Å². The SMILES string of the molecule is C[C@H](NC(=O)C(=O)N[C@H](C)[C@@H]1COc2ccccc2O1)[C@H]1COc2ccccc2O1. The zero-order valence-corrected chi connectivity index (χ0v) is 16.8. The molecule has 30 heavy (non-hydrogen) atoms. The maximum Gasteiger partial charge on any atom is 0.309 e. The van der Waals surface area contributed by atoms with Crippen LogP contribution in [0.3, 0.4) is 0 Å². The number of benzene rings is 2. The van der Waals surface area contributed by atoms with Gasteiger partial charge >= 0.3 is 11.8 Å². The highest BCUT2D eigenvalue weighted by atomic mass is 16.6. The van der Waals surface area contributed by atoms with E-state index in [0.29, 0.717) is 23.0 Å². The van der Waals surface area contributed by atoms with Gasteiger partial charge in [-0.2, -0.15) is 0 Å². The van der Waals surface area contributed by atoms with Gasteiger partial charge < -0.3 is 29.6 Å². The number of carbonyl (C=O) groups is 2. The molecule has 2 amide bonds. The molecule has 0 aliphatic carbocycles. The molecule has 2 aromatic carbocycles. The minimum absolute atomic E-state index is 0.281. The molecular formula is C22H24N2O6. The first kappa shape index (κ1) is 19.9. The molecule has 0 saturated heterocycles. The smallest absolute Gasteiger partial charge is 0.309 e. The second-order valence-electron chi connectivity index (χ2n) is 7.35. The van der Waals surface area contributed by atoms with Crippen LogP contribution >= 0.6 is 0 Å². The molecule has 0 radical (unpaired) electrons. The number of hydrogen-bond acceptors (Lipinski definition) is 6. The summed E-state index contributed by atoms with van der Waals surface area (Å²) in [7, 11) is 0. The molecule has 0 unspecified atom stereocenters. The molecular weight excluding hydrogens is 388 g/mol. The molecule has 2 heterocycles. The summed E-state index contributed by atoms with van der Waals surface area (Å²) in [6.45, 7) is 4.10. The van der Waals surface area contributed by atoms with Crippen molar-refractivity contribution in [1.29, 1.82) is 0 Å². The van der Waals surface area contributed by atoms with Crippen LogP contribution in [0.1, 0.15) is 13.8 Å². The monoisotopic (exact) mass is 412 g/mol. The molecule has 0 bridgehead atoms. The Kier molecular flexibility index (Phi) is 5.65. The van der Waals surface area contributed by atoms with Crippen molar-refractivity contribution in [2.75, 3.05) is 13.2 Å². The number of rotatable bonds is 4. The summed E-state index contributed by atoms with van der Waals surface area (Å²) in [5.41, 5.74) is 0. The predicted molar refractivity (Wildman–Crippen MR) is 108 cm³/mol. The summed E-state index contributed by atoms with van der Waals surface area (Å²) >= 11 is 0. The molecule has 158 valence electrons. The number of fused-ring (bicyclic) bond motifs is 2. The average molecular weight is 412 g/mol. The van der Waals surface area contributed by atoms with Crippen LogP contribution in [0.15, 0.2) is 48.5 Å². The highest BCUT2D eigenvalue weighted by molar-refractivity contribution is 6.35. The highest BCUT2D eigenvalue weighted by Gasteiger charge is 2.31. The highest BCUT2D eigenvalue weighted by Crippen LogP contribution is 2.32. The van der Waals surface area contributed by atoms with E-state index < -0.39 is 36.1 Å². The van der Waals surface area contributed by atoms with E-state index in [1.807, 2.05) is 36.4 Å². The molecule has 0 spiro atoms. The van der Waals surface area contributed by atoms with Crippen LogP contribution in [0.4, 0.5) is 0 Å². The van der Waals surface area contributed by atoms with Gasteiger partial charge in [0.05, 0.1) is 12.1 Å². The fourth-order valence-electron chi connectivity index (χ4n) is 3.29. The van der Waals surface area contributed by atoms with Crippen molar-refractivity contribution in [3.63, 3.8) is 0 Å². The number of para-hydroxylation sites is 4. The molecule has 4 rings (SSSR count). The Morgan fingerprint density at radius 1 is 0.733 bits per heavy atom. The summed E-state index contributed by atoms with van der Waals surface area (Å²) in [5, 5.41) is 5.35. The summed E-state index contributed by atoms with van der Waals surface area (Å²) in [5.74, 6) is 1.07. The van der Waals surface area contributed by atoms with Crippen LogP contribution < -0.4 is 29.6 Å². The Morgan fingerprint density at radius 3 is 1.50 bits per heavy atom. The van der Waals surface area contributed by atoms with Crippen molar-refractivity contribution >= 4 is 11.8 Å². The van der Waals surface area contributed by atoms with E-state index in [4.69, 9.17) is 18.9 Å². The predicted octanol–water partition coefficient (Wildman–Crippen LogP) is 1.68. The Hall–Kier alpha value is -3.42. The van der Waals surface area contributed by atoms with Gasteiger partial charge in [0, 0.05) is 0 Å². The summed E-state index contributed by atoms with van der Waals surface area (Å²) in [6.07, 6.45) is -0.804. The van der Waals surface area contributed by atoms with Crippen LogP contribution in [0, 0.1) is 0 Å². The third-order valence-electron chi connectivity index (χ3n) is 5.10. The lowest BCUT2D eigenvalue weighted by Crippen LogP contribution is -2.55. The van der Waals surface area contributed by atoms with E-state index in [-0.39, 0.29) is 13.2 Å². The summed E-state index contributed by atoms with van der Waals surface area (Å²) < 4.78 is 23.1. The molecule has 4 atom stereocenters. The fourth-order valence-corrected chi connectivity index (χ4v) is 3.29. The number of nitrogens with one attached hydrogen (secondary N) is 2. The van der Waals surface area contributed by atoms with E-state index in [1.54, 1.807) is 26.0 Å². The molecule has 0 aromatic heterocycles. The van der Waals surface area contributed by atoms with E-state index in [0.717, 1.165) is 0 Å². The quantitative estimate of drug-likeness (QED) is 0.742. The van der Waals surface area contributed by atoms with Crippen molar-refractivity contribution in [3.05, 3.63) is 48.5 Å². The van der Waals surface area contributed by atoms with Gasteiger partial charge in [0.1, 0.15) is 13.2 Å². The molecule has 2 aliphatic rings. The number of amides is 2. The van der Waals surface area contributed by atoms with Crippen LogP contribution in [-0.2, 0) is 9.59 Å². The molecule has 0 fully saturated rings. The van der Waals surface area contributed by atoms with Crippen LogP contribution in [0.2, 0.25) is 0 Å². The van der Waals surface area contributed by atoms with E-state index in [1.165, 1.54) is 0 Å². The van der Waals surface area contributed by atoms with Gasteiger partial charge in [-0.3, -0.25) is 9.59 Å². The van der Waals surface area contributed by atoms with Gasteiger partial charge in [-0.05, 0) is 38.1 Å². The third kappa shape index (κ3) is 4.27. The molecule has 2 aromatic rings. The molecule has 2 aliphatic heterocycles. The van der Waals surface area contributed by atoms with E-state index in [2.05, 4.69) is 10.6 Å². The largest absolute Gasteiger partial charge is 0.486 e. The van der Waals surface area contributed by atoms with Crippen molar-refractivity contribution in [2.45, 2.75) is 38.1 Å². The van der Waals surface area contributed by atoms with Crippen LogP contribution in [0.5, 0.6) is 23.0 Å². The average Bonchev–Trinajstić information content (AvgIpc) is 2.78. The van der Waals surface area contributed by atoms with E-state index >= 15 is 0 Å². The second kappa shape index (κ2) is 8.52. The van der Waals surface area contributed by atoms with Gasteiger partial charge in [0.15, 0.2) is 35.2 Å². The number of ether oxygens (including phenoxy) is 4. The van der Waals surface area contributed by atoms with Crippen molar-refractivity contribution < 1.29 is 28.5 Å². The van der Waals surface area contributed by atoms with Crippen LogP contribution in [-0.4, -0.2) is 49.3 Å². The molecule has 0 saturated carbocycles. The van der Waals surface area contributed by atoms with Gasteiger partial charge in [-0.25, -0.2) is 0 Å². The summed E-state index contributed by atoms with van der Waals surface area (Å²) in [4.78, 5) is 24.7. The standard InChI is InChI=1S/C22H24N2O6/c1-13(19-11-27-15-7-3-5-9-17(15)29-19)23-21(25)22(26)24-14(2)20-12-28-16-8-4-6-10-18(16)30-20/h3-10,13-14,19-20H,11-12H2,1-2H3,(H,23,25)(H,24,26)/t13-,14+,19+,20-. The maximum atomic E-state index is 12.4. The lowest BCUT2D eigenvalue weighted by Gasteiger charge is -2.31. The first-order valence-corrected chi connectivity index (χ1v) is 9.89. The van der Waals surface area contributed by atoms with Gasteiger partial charge in [-0.1, -0.05) is 24.3 Å². The summed E-state index contributed by atoms with van der Waals surface area (Å²) in [6, 6.07) is 13.8. The van der Waals surface area contributed by atoms with E-state index in [9.17, 15) is 9.59 Å². The van der Waals surface area contributed by atoms with Crippen LogP contribution in [0.25, 0.3) is 0 Å². The van der Waals surface area contributed by atoms with Crippen molar-refractivity contribution in [1.82, 2.24) is 10.6 Å². The van der Waals surface area contributed by atoms with Gasteiger partial charge in [0.25, 0.3) is 0 Å². The molecule has 2 N–H and O–H groups in total. The normalized spacial score (nSPS) is 21.1. The number of hydrogen-bond donors (Lipinski definition) is 2. The van der Waals surface area contributed by atoms with Crippen molar-refractivity contribution in [3.8, 4) is 23.0 Å². The zero-order valence-electron chi connectivity index (χ0n) is 16.8. The molecule has 8 heteroatoms. The minimum atomic E-state index is -0.742. The first-order chi connectivity index (χ1) is 14.5. The first-order valence-electron chi connectivity index (χ1n) is 9.89. The fraction of sp³-hybridized carbons (Fsp3) is 0.364. The number of carbonyl (C=O) groups excluding carboxylic acids is 2. The minimum Gasteiger partial charge on any atom is -0.486 e. The van der Waals surface area contributed by atoms with Gasteiger partial charge in [-0.15, -0.1) is 0 Å². The Labute approximate surface area is 174 Å². The second-order valence-corrected chi connectivity index (χ2v) is 7.35. The zero-order chi connectivity index (χ0) is 21.1. The Balaban J connectivity index is 1.28. The molecule has 8 nitrogen and oxygen atoms in total. The lowest BCUT2D eigenvalue weighted by atomic mass is 10.1.